The van der Waals surface area contributed by atoms with Gasteiger partial charge in [-0.25, -0.2) is 0 Å². The van der Waals surface area contributed by atoms with Crippen molar-refractivity contribution >= 4 is 13.8 Å². The van der Waals surface area contributed by atoms with E-state index in [-0.39, 0.29) is 12.8 Å². The number of carboxylic acids is 1. The van der Waals surface area contributed by atoms with Gasteiger partial charge in [-0.3, -0.25) is 0 Å². The van der Waals surface area contributed by atoms with E-state index in [2.05, 4.69) is 20.5 Å². The third-order valence-corrected chi connectivity index (χ3v) is 13.5. The van der Waals surface area contributed by atoms with Crippen molar-refractivity contribution in [3.05, 3.63) is 0 Å². The predicted molar refractivity (Wildman–Crippen MR) is 193 cm³/mol. The van der Waals surface area contributed by atoms with Crippen LogP contribution >= 0.6 is 7.82 Å². The summed E-state index contributed by atoms with van der Waals surface area (Å²) in [5.41, 5.74) is -1.85. The van der Waals surface area contributed by atoms with Crippen molar-refractivity contribution in [3.8, 4) is 0 Å². The molecule has 7 aliphatic rings. The number of hydrogen-bond donors (Lipinski definition) is 3. The Hall–Kier alpha value is -0.540. The molecule has 7 aliphatic carbocycles. The monoisotopic (exact) mass is 726 g/mol. The second kappa shape index (κ2) is 23.3. The molecule has 0 saturated heterocycles. The van der Waals surface area contributed by atoms with E-state index in [1.807, 2.05) is 0 Å². The molecule has 0 aromatic rings. The molecule has 7 saturated carbocycles. The normalized spacial score (nSPS) is 26.3. The fraction of sp³-hybridized carbons (Fsp3) is 0.975. The number of phosphoric ester groups is 1. The number of carboxylic acid groups (broad SMARTS) is 1. The van der Waals surface area contributed by atoms with Gasteiger partial charge in [-0.15, -0.1) is 0 Å². The van der Waals surface area contributed by atoms with Crippen molar-refractivity contribution in [1.29, 1.82) is 0 Å². The number of carbonyl (C=O) groups excluding carboxylic acids is 1. The van der Waals surface area contributed by atoms with Crippen molar-refractivity contribution in [3.63, 3.8) is 0 Å². The standard InChI is InChI=1S/3C12H23N.C4H7O6P/c3*1-3-7-11(8-4-1)13-12-9-5-2-6-10-12;5-3(6)4(1-2-4)10-11(7,8)9/h3*11-13H,1-10H2;1-2H2,(H,5,6)(H2,7,8,9). The maximum absolute atomic E-state index is 10.1. The summed E-state index contributed by atoms with van der Waals surface area (Å²) in [6.07, 6.45) is 44.9. The number of phosphoric acid groups is 1. The summed E-state index contributed by atoms with van der Waals surface area (Å²) in [7, 11) is -5.20. The van der Waals surface area contributed by atoms with Gasteiger partial charge in [0.15, 0.2) is 0 Å². The molecule has 0 aromatic heterocycles. The fourth-order valence-electron chi connectivity index (χ4n) is 9.77. The summed E-state index contributed by atoms with van der Waals surface area (Å²) in [4.78, 5) is 30.0. The molecular formula is C40H76N3O6P. The van der Waals surface area contributed by atoms with Crippen LogP contribution in [0.15, 0.2) is 0 Å². The summed E-state index contributed by atoms with van der Waals surface area (Å²) in [5, 5.41) is 18.3. The van der Waals surface area contributed by atoms with Crippen LogP contribution in [0.3, 0.4) is 0 Å². The second-order valence-electron chi connectivity index (χ2n) is 17.3. The van der Waals surface area contributed by atoms with Crippen molar-refractivity contribution in [2.24, 2.45) is 0 Å². The number of hydrogen-bond acceptors (Lipinski definition) is 6. The van der Waals surface area contributed by atoms with Gasteiger partial charge in [0, 0.05) is 0 Å². The molecule has 6 N–H and O–H groups in total. The lowest BCUT2D eigenvalue weighted by molar-refractivity contribution is -0.726. The van der Waals surface area contributed by atoms with Crippen LogP contribution in [0.1, 0.15) is 205 Å². The Balaban J connectivity index is 0.000000150. The highest BCUT2D eigenvalue weighted by molar-refractivity contribution is 7.43. The Morgan fingerprint density at radius 2 is 0.640 bits per heavy atom. The van der Waals surface area contributed by atoms with Gasteiger partial charge in [0.05, 0.1) is 50.0 Å². The van der Waals surface area contributed by atoms with E-state index in [0.717, 1.165) is 36.3 Å². The topological polar surface area (TPSA) is 162 Å². The Kier molecular flexibility index (Phi) is 19.7. The minimum absolute atomic E-state index is 0.0177. The molecule has 0 heterocycles. The Bertz CT molecular complexity index is 812. The highest BCUT2D eigenvalue weighted by Gasteiger charge is 2.46. The minimum atomic E-state index is -5.20. The summed E-state index contributed by atoms with van der Waals surface area (Å²) in [6, 6.07) is 5.98. The van der Waals surface area contributed by atoms with Crippen molar-refractivity contribution in [1.82, 2.24) is 0 Å². The molecule has 292 valence electrons. The van der Waals surface area contributed by atoms with Gasteiger partial charge in [-0.05, 0) is 167 Å². The van der Waals surface area contributed by atoms with E-state index in [1.165, 1.54) is 193 Å². The molecule has 0 bridgehead atoms. The molecule has 0 aromatic carbocycles. The lowest BCUT2D eigenvalue weighted by Gasteiger charge is -2.33. The molecule has 0 aliphatic heterocycles. The van der Waals surface area contributed by atoms with Crippen LogP contribution in [-0.4, -0.2) is 47.8 Å². The largest absolute Gasteiger partial charge is 0.790 e. The van der Waals surface area contributed by atoms with Gasteiger partial charge < -0.3 is 44.7 Å². The van der Waals surface area contributed by atoms with E-state index >= 15 is 0 Å². The van der Waals surface area contributed by atoms with Gasteiger partial charge >= 0.3 is 0 Å². The SMILES string of the molecule is C1CCC([NH2+]C2CCCCC2)CC1.C1CCC([NH2+]C2CCCCC2)CC1.C1CCC([NH2+]C2CCCCC2)CC1.O=C([O-])C1(OP(=O)([O-])[O-])CC1. The highest BCUT2D eigenvalue weighted by atomic mass is 31.2. The molecule has 50 heavy (non-hydrogen) atoms. The summed E-state index contributed by atoms with van der Waals surface area (Å²) < 4.78 is 13.7. The first-order chi connectivity index (χ1) is 24.2. The molecule has 0 spiro atoms. The van der Waals surface area contributed by atoms with E-state index < -0.39 is 19.4 Å². The van der Waals surface area contributed by atoms with Gasteiger partial charge in [-0.2, -0.15) is 0 Å². The van der Waals surface area contributed by atoms with Crippen LogP contribution in [0.5, 0.6) is 0 Å². The molecule has 7 fully saturated rings. The summed E-state index contributed by atoms with van der Waals surface area (Å²) in [5.74, 6) is -1.65. The Morgan fingerprint density at radius 1 is 0.440 bits per heavy atom. The zero-order chi connectivity index (χ0) is 35.5. The Morgan fingerprint density at radius 3 is 0.760 bits per heavy atom. The van der Waals surface area contributed by atoms with E-state index in [0.29, 0.717) is 0 Å². The zero-order valence-corrected chi connectivity index (χ0v) is 32.6. The first-order valence-corrected chi connectivity index (χ1v) is 23.2. The zero-order valence-electron chi connectivity index (χ0n) is 31.7. The quantitative estimate of drug-likeness (QED) is 0.307. The maximum atomic E-state index is 10.1. The van der Waals surface area contributed by atoms with Crippen LogP contribution in [-0.2, 0) is 13.9 Å². The van der Waals surface area contributed by atoms with E-state index in [1.54, 1.807) is 0 Å². The van der Waals surface area contributed by atoms with Gasteiger partial charge in [0.25, 0.3) is 0 Å². The lowest BCUT2D eigenvalue weighted by atomic mass is 9.91. The molecule has 7 rings (SSSR count). The van der Waals surface area contributed by atoms with Crippen molar-refractivity contribution in [2.75, 3.05) is 0 Å². The summed E-state index contributed by atoms with van der Waals surface area (Å²) >= 11 is 0. The van der Waals surface area contributed by atoms with E-state index in [4.69, 9.17) is 0 Å². The van der Waals surface area contributed by atoms with Gasteiger partial charge in [0.1, 0.15) is 5.60 Å². The number of nitrogens with two attached hydrogens (primary N) is 3. The predicted octanol–water partition coefficient (Wildman–Crippen LogP) is 3.76. The molecule has 0 unspecified atom stereocenters. The van der Waals surface area contributed by atoms with E-state index in [9.17, 15) is 24.3 Å². The number of aliphatic carboxylic acids is 1. The van der Waals surface area contributed by atoms with Crippen LogP contribution in [0.2, 0.25) is 0 Å². The third kappa shape index (κ3) is 17.5. The highest BCUT2D eigenvalue weighted by Crippen LogP contribution is 2.47. The first kappa shape index (κ1) is 42.2. The van der Waals surface area contributed by atoms with Crippen molar-refractivity contribution in [2.45, 2.75) is 247 Å². The average molecular weight is 726 g/mol. The van der Waals surface area contributed by atoms with Crippen LogP contribution in [0.25, 0.3) is 0 Å². The Labute approximate surface area is 305 Å². The third-order valence-electron chi connectivity index (χ3n) is 12.9. The summed E-state index contributed by atoms with van der Waals surface area (Å²) in [6.45, 7) is 0. The number of rotatable bonds is 9. The number of carbonyl (C=O) groups is 1. The fourth-order valence-corrected chi connectivity index (χ4v) is 10.5. The van der Waals surface area contributed by atoms with Crippen LogP contribution in [0, 0.1) is 0 Å². The van der Waals surface area contributed by atoms with Gasteiger partial charge in [0.2, 0.25) is 0 Å². The maximum Gasteiger partial charge on any atom is 0.113 e. The molecule has 9 nitrogen and oxygen atoms in total. The molecule has 10 heteroatoms. The molecule has 0 radical (unpaired) electrons. The minimum Gasteiger partial charge on any atom is -0.790 e. The molecule has 0 amide bonds. The average Bonchev–Trinajstić information content (AvgIpc) is 3.91. The van der Waals surface area contributed by atoms with Gasteiger partial charge in [-0.1, -0.05) is 38.5 Å². The lowest BCUT2D eigenvalue weighted by Crippen LogP contribution is -2.95. The smallest absolute Gasteiger partial charge is 0.113 e. The molecule has 0 atom stereocenters. The first-order valence-electron chi connectivity index (χ1n) is 21.7. The van der Waals surface area contributed by atoms with Crippen molar-refractivity contribution < 1.29 is 44.7 Å². The van der Waals surface area contributed by atoms with Crippen LogP contribution < -0.4 is 30.8 Å². The van der Waals surface area contributed by atoms with Crippen LogP contribution in [0.4, 0.5) is 0 Å². The second-order valence-corrected chi connectivity index (χ2v) is 18.4. The molecular weight excluding hydrogens is 649 g/mol. The number of quaternary nitrogens is 3.